The predicted octanol–water partition coefficient (Wildman–Crippen LogP) is 0.763. The first kappa shape index (κ1) is 13.6. The van der Waals surface area contributed by atoms with Gasteiger partial charge in [0.15, 0.2) is 0 Å². The Labute approximate surface area is 108 Å². The quantitative estimate of drug-likeness (QED) is 0.830. The number of hydrogen-bond donors (Lipinski definition) is 2. The topological polar surface area (TPSA) is 77.1 Å². The standard InChI is InChI=1S/C12H21N3O2S/c1-2-14-18(16,17)9-8-15-7-6-10-11(13)4-3-5-12(10)15/h6-7,11,14H,2-5,8-9,13H2,1H3. The third kappa shape index (κ3) is 2.93. The first-order valence-electron chi connectivity index (χ1n) is 6.44. The van der Waals surface area contributed by atoms with Crippen LogP contribution in [-0.4, -0.2) is 25.3 Å². The Morgan fingerprint density at radius 3 is 3.06 bits per heavy atom. The SMILES string of the molecule is CCNS(=O)(=O)CCn1ccc2c1CCCC2N. The average molecular weight is 271 g/mol. The van der Waals surface area contributed by atoms with Crippen molar-refractivity contribution in [3.05, 3.63) is 23.5 Å². The second kappa shape index (κ2) is 5.42. The molecule has 0 spiro atoms. The van der Waals surface area contributed by atoms with Crippen molar-refractivity contribution in [3.63, 3.8) is 0 Å². The number of nitrogens with zero attached hydrogens (tertiary/aromatic N) is 1. The maximum absolute atomic E-state index is 11.6. The number of nitrogens with one attached hydrogen (secondary N) is 1. The number of nitrogens with two attached hydrogens (primary N) is 1. The van der Waals surface area contributed by atoms with E-state index in [1.807, 2.05) is 16.8 Å². The molecular weight excluding hydrogens is 250 g/mol. The fourth-order valence-electron chi connectivity index (χ4n) is 2.51. The minimum absolute atomic E-state index is 0.111. The van der Waals surface area contributed by atoms with Gasteiger partial charge in [0.2, 0.25) is 10.0 Å². The average Bonchev–Trinajstić information content (AvgIpc) is 2.71. The summed E-state index contributed by atoms with van der Waals surface area (Å²) in [5.41, 5.74) is 8.44. The van der Waals surface area contributed by atoms with Crippen LogP contribution in [0.15, 0.2) is 12.3 Å². The molecule has 3 N–H and O–H groups in total. The zero-order chi connectivity index (χ0) is 13.2. The molecule has 6 heteroatoms. The van der Waals surface area contributed by atoms with Crippen molar-refractivity contribution in [2.24, 2.45) is 5.73 Å². The fraction of sp³-hybridized carbons (Fsp3) is 0.667. The van der Waals surface area contributed by atoms with E-state index >= 15 is 0 Å². The van der Waals surface area contributed by atoms with Gasteiger partial charge in [0.25, 0.3) is 0 Å². The molecule has 102 valence electrons. The summed E-state index contributed by atoms with van der Waals surface area (Å²) in [4.78, 5) is 0. The second-order valence-corrected chi connectivity index (χ2v) is 6.65. The van der Waals surface area contributed by atoms with Gasteiger partial charge in [-0.05, 0) is 30.9 Å². The highest BCUT2D eigenvalue weighted by molar-refractivity contribution is 7.89. The first-order valence-corrected chi connectivity index (χ1v) is 8.09. The highest BCUT2D eigenvalue weighted by atomic mass is 32.2. The molecule has 0 aromatic carbocycles. The van der Waals surface area contributed by atoms with Gasteiger partial charge >= 0.3 is 0 Å². The molecule has 0 aliphatic heterocycles. The lowest BCUT2D eigenvalue weighted by Gasteiger charge is -2.21. The van der Waals surface area contributed by atoms with Crippen LogP contribution in [0.25, 0.3) is 0 Å². The first-order chi connectivity index (χ1) is 8.53. The third-order valence-electron chi connectivity index (χ3n) is 3.41. The molecule has 1 unspecified atom stereocenters. The number of sulfonamides is 1. The predicted molar refractivity (Wildman–Crippen MR) is 71.8 cm³/mol. The highest BCUT2D eigenvalue weighted by Crippen LogP contribution is 2.28. The van der Waals surface area contributed by atoms with Crippen molar-refractivity contribution in [3.8, 4) is 0 Å². The molecule has 1 aliphatic rings. The fourth-order valence-corrected chi connectivity index (χ4v) is 3.53. The molecule has 2 rings (SSSR count). The lowest BCUT2D eigenvalue weighted by molar-refractivity contribution is 0.540. The molecule has 1 aromatic rings. The van der Waals surface area contributed by atoms with Gasteiger partial charge in [-0.2, -0.15) is 0 Å². The van der Waals surface area contributed by atoms with Crippen LogP contribution in [0.3, 0.4) is 0 Å². The van der Waals surface area contributed by atoms with E-state index in [9.17, 15) is 8.42 Å². The smallest absolute Gasteiger partial charge is 0.213 e. The van der Waals surface area contributed by atoms with E-state index in [2.05, 4.69) is 4.72 Å². The van der Waals surface area contributed by atoms with E-state index in [1.165, 1.54) is 11.3 Å². The van der Waals surface area contributed by atoms with Crippen molar-refractivity contribution >= 4 is 10.0 Å². The Morgan fingerprint density at radius 1 is 1.56 bits per heavy atom. The number of fused-ring (bicyclic) bond motifs is 1. The van der Waals surface area contributed by atoms with Gasteiger partial charge in [-0.3, -0.25) is 0 Å². The Bertz CT molecular complexity index is 507. The molecule has 0 bridgehead atoms. The third-order valence-corrected chi connectivity index (χ3v) is 4.86. The van der Waals surface area contributed by atoms with Crippen molar-refractivity contribution in [2.75, 3.05) is 12.3 Å². The molecule has 0 radical (unpaired) electrons. The summed E-state index contributed by atoms with van der Waals surface area (Å²) in [6.45, 7) is 2.72. The van der Waals surface area contributed by atoms with Gasteiger partial charge in [-0.15, -0.1) is 0 Å². The number of aromatic nitrogens is 1. The molecule has 1 aliphatic carbocycles. The second-order valence-electron chi connectivity index (χ2n) is 4.73. The largest absolute Gasteiger partial charge is 0.350 e. The molecule has 1 aromatic heterocycles. The van der Waals surface area contributed by atoms with Gasteiger partial charge in [-0.25, -0.2) is 13.1 Å². The van der Waals surface area contributed by atoms with Crippen molar-refractivity contribution in [1.82, 2.24) is 9.29 Å². The number of hydrogen-bond acceptors (Lipinski definition) is 3. The van der Waals surface area contributed by atoms with E-state index in [4.69, 9.17) is 5.73 Å². The summed E-state index contributed by atoms with van der Waals surface area (Å²) in [6, 6.07) is 2.14. The van der Waals surface area contributed by atoms with E-state index in [0.29, 0.717) is 13.1 Å². The van der Waals surface area contributed by atoms with Gasteiger partial charge in [0.1, 0.15) is 0 Å². The molecular formula is C12H21N3O2S. The van der Waals surface area contributed by atoms with E-state index < -0.39 is 10.0 Å². The Kier molecular flexibility index (Phi) is 4.09. The van der Waals surface area contributed by atoms with Crippen LogP contribution >= 0.6 is 0 Å². The van der Waals surface area contributed by atoms with Crippen LogP contribution in [0.2, 0.25) is 0 Å². The van der Waals surface area contributed by atoms with E-state index in [0.717, 1.165) is 19.3 Å². The lowest BCUT2D eigenvalue weighted by atomic mass is 9.94. The molecule has 0 saturated carbocycles. The molecule has 1 heterocycles. The monoisotopic (exact) mass is 271 g/mol. The summed E-state index contributed by atoms with van der Waals surface area (Å²) in [6.07, 6.45) is 5.06. The lowest BCUT2D eigenvalue weighted by Crippen LogP contribution is -2.28. The molecule has 1 atom stereocenters. The normalized spacial score (nSPS) is 19.8. The van der Waals surface area contributed by atoms with Gasteiger partial charge in [0, 0.05) is 31.0 Å². The maximum Gasteiger partial charge on any atom is 0.213 e. The van der Waals surface area contributed by atoms with Crippen LogP contribution in [0.4, 0.5) is 0 Å². The van der Waals surface area contributed by atoms with Gasteiger partial charge in [-0.1, -0.05) is 6.92 Å². The van der Waals surface area contributed by atoms with E-state index in [-0.39, 0.29) is 11.8 Å². The van der Waals surface area contributed by atoms with Crippen molar-refractivity contribution in [2.45, 2.75) is 38.8 Å². The van der Waals surface area contributed by atoms with Gasteiger partial charge in [0.05, 0.1) is 5.75 Å². The van der Waals surface area contributed by atoms with Crippen molar-refractivity contribution in [1.29, 1.82) is 0 Å². The van der Waals surface area contributed by atoms with E-state index in [1.54, 1.807) is 6.92 Å². The van der Waals surface area contributed by atoms with Crippen LogP contribution < -0.4 is 10.5 Å². The van der Waals surface area contributed by atoms with Gasteiger partial charge < -0.3 is 10.3 Å². The minimum Gasteiger partial charge on any atom is -0.350 e. The van der Waals surface area contributed by atoms with Crippen LogP contribution in [0.5, 0.6) is 0 Å². The Hall–Kier alpha value is -0.850. The highest BCUT2D eigenvalue weighted by Gasteiger charge is 2.20. The molecule has 0 fully saturated rings. The van der Waals surface area contributed by atoms with Crippen LogP contribution in [-0.2, 0) is 23.0 Å². The minimum atomic E-state index is -3.15. The summed E-state index contributed by atoms with van der Waals surface area (Å²) in [5, 5.41) is 0. The van der Waals surface area contributed by atoms with Crippen LogP contribution in [0, 0.1) is 0 Å². The molecule has 0 amide bonds. The zero-order valence-electron chi connectivity index (χ0n) is 10.7. The van der Waals surface area contributed by atoms with Crippen molar-refractivity contribution < 1.29 is 8.42 Å². The zero-order valence-corrected chi connectivity index (χ0v) is 11.5. The maximum atomic E-state index is 11.6. The molecule has 5 nitrogen and oxygen atoms in total. The Morgan fingerprint density at radius 2 is 2.33 bits per heavy atom. The number of aryl methyl sites for hydroxylation is 1. The summed E-state index contributed by atoms with van der Waals surface area (Å²) >= 11 is 0. The van der Waals surface area contributed by atoms with Crippen LogP contribution in [0.1, 0.15) is 37.1 Å². The Balaban J connectivity index is 2.07. The molecule has 18 heavy (non-hydrogen) atoms. The number of rotatable bonds is 5. The molecule has 0 saturated heterocycles. The summed E-state index contributed by atoms with van der Waals surface area (Å²) in [7, 11) is -3.15. The summed E-state index contributed by atoms with van der Waals surface area (Å²) < 4.78 is 27.8. The summed E-state index contributed by atoms with van der Waals surface area (Å²) in [5.74, 6) is 0.122.